The fourth-order valence-corrected chi connectivity index (χ4v) is 2.45. The normalized spacial score (nSPS) is 29.4. The molecule has 0 aromatic carbocycles. The molecule has 90 valence electrons. The zero-order valence-electron chi connectivity index (χ0n) is 10.4. The summed E-state index contributed by atoms with van der Waals surface area (Å²) in [5.74, 6) is 1.29. The van der Waals surface area contributed by atoms with Crippen LogP contribution < -0.4 is 0 Å². The molecule has 2 heteroatoms. The van der Waals surface area contributed by atoms with Crippen molar-refractivity contribution in [2.75, 3.05) is 6.61 Å². The van der Waals surface area contributed by atoms with E-state index in [1.54, 1.807) is 0 Å². The van der Waals surface area contributed by atoms with Crippen molar-refractivity contribution in [3.63, 3.8) is 0 Å². The molecule has 1 rings (SSSR count). The van der Waals surface area contributed by atoms with Gasteiger partial charge in [0.25, 0.3) is 0 Å². The van der Waals surface area contributed by atoms with Crippen molar-refractivity contribution in [3.05, 3.63) is 0 Å². The van der Waals surface area contributed by atoms with Crippen LogP contribution in [0.15, 0.2) is 0 Å². The molecule has 0 radical (unpaired) electrons. The average molecular weight is 214 g/mol. The summed E-state index contributed by atoms with van der Waals surface area (Å²) in [6, 6.07) is 0. The van der Waals surface area contributed by atoms with Gasteiger partial charge in [-0.1, -0.05) is 20.3 Å². The van der Waals surface area contributed by atoms with Gasteiger partial charge < -0.3 is 9.84 Å². The molecule has 0 aliphatic heterocycles. The van der Waals surface area contributed by atoms with E-state index in [1.165, 1.54) is 6.42 Å². The molecule has 15 heavy (non-hydrogen) atoms. The third-order valence-electron chi connectivity index (χ3n) is 3.17. The monoisotopic (exact) mass is 214 g/mol. The number of aliphatic hydroxyl groups excluding tert-OH is 1. The summed E-state index contributed by atoms with van der Waals surface area (Å²) < 4.78 is 5.83. The number of hydrogen-bond donors (Lipinski definition) is 1. The van der Waals surface area contributed by atoms with Crippen LogP contribution in [0.3, 0.4) is 0 Å². The molecule has 3 unspecified atom stereocenters. The van der Waals surface area contributed by atoms with Gasteiger partial charge in [0, 0.05) is 6.61 Å². The first kappa shape index (κ1) is 13.0. The van der Waals surface area contributed by atoms with Crippen molar-refractivity contribution in [1.29, 1.82) is 0 Å². The molecule has 0 saturated heterocycles. The van der Waals surface area contributed by atoms with Crippen molar-refractivity contribution >= 4 is 0 Å². The molecule has 0 bridgehead atoms. The summed E-state index contributed by atoms with van der Waals surface area (Å²) >= 11 is 0. The highest BCUT2D eigenvalue weighted by molar-refractivity contribution is 4.72. The Bertz CT molecular complexity index is 168. The van der Waals surface area contributed by atoms with E-state index < -0.39 is 0 Å². The molecule has 0 heterocycles. The molecule has 0 amide bonds. The van der Waals surface area contributed by atoms with Gasteiger partial charge in [-0.25, -0.2) is 0 Å². The zero-order valence-corrected chi connectivity index (χ0v) is 10.4. The number of aliphatic hydroxyl groups is 1. The van der Waals surface area contributed by atoms with Crippen LogP contribution in [0.5, 0.6) is 0 Å². The maximum atomic E-state index is 9.53. The lowest BCUT2D eigenvalue weighted by Crippen LogP contribution is -2.25. The van der Waals surface area contributed by atoms with Gasteiger partial charge in [0.1, 0.15) is 0 Å². The second-order valence-corrected chi connectivity index (χ2v) is 5.46. The van der Waals surface area contributed by atoms with E-state index in [2.05, 4.69) is 20.8 Å². The van der Waals surface area contributed by atoms with Gasteiger partial charge >= 0.3 is 0 Å². The van der Waals surface area contributed by atoms with Gasteiger partial charge in [0.05, 0.1) is 12.2 Å². The van der Waals surface area contributed by atoms with E-state index in [4.69, 9.17) is 4.74 Å². The number of ether oxygens (including phenoxy) is 1. The van der Waals surface area contributed by atoms with Crippen molar-refractivity contribution in [1.82, 2.24) is 0 Å². The van der Waals surface area contributed by atoms with Crippen molar-refractivity contribution in [2.24, 2.45) is 11.8 Å². The lowest BCUT2D eigenvalue weighted by atomic mass is 9.88. The molecule has 1 aliphatic carbocycles. The average Bonchev–Trinajstić information content (AvgIpc) is 2.14. The predicted molar refractivity (Wildman–Crippen MR) is 62.8 cm³/mol. The van der Waals surface area contributed by atoms with E-state index in [0.29, 0.717) is 17.9 Å². The van der Waals surface area contributed by atoms with Crippen LogP contribution >= 0.6 is 0 Å². The largest absolute Gasteiger partial charge is 0.393 e. The zero-order chi connectivity index (χ0) is 11.3. The topological polar surface area (TPSA) is 29.5 Å². The van der Waals surface area contributed by atoms with E-state index in [9.17, 15) is 5.11 Å². The predicted octanol–water partition coefficient (Wildman–Crippen LogP) is 2.99. The molecule has 1 aliphatic rings. The first-order valence-corrected chi connectivity index (χ1v) is 6.37. The molecule has 0 aromatic heterocycles. The van der Waals surface area contributed by atoms with Gasteiger partial charge in [-0.2, -0.15) is 0 Å². The smallest absolute Gasteiger partial charge is 0.0549 e. The van der Waals surface area contributed by atoms with Gasteiger partial charge in [-0.3, -0.25) is 0 Å². The quantitative estimate of drug-likeness (QED) is 0.762. The minimum Gasteiger partial charge on any atom is -0.393 e. The maximum Gasteiger partial charge on any atom is 0.0549 e. The van der Waals surface area contributed by atoms with Crippen molar-refractivity contribution in [2.45, 2.75) is 65.1 Å². The van der Waals surface area contributed by atoms with Crippen LogP contribution in [0, 0.1) is 11.8 Å². The Hall–Kier alpha value is -0.0800. The Kier molecular flexibility index (Phi) is 5.62. The van der Waals surface area contributed by atoms with Crippen LogP contribution in [-0.2, 0) is 4.74 Å². The lowest BCUT2D eigenvalue weighted by molar-refractivity contribution is 0.000688. The molecular formula is C13H26O2. The Morgan fingerprint density at radius 2 is 2.00 bits per heavy atom. The fraction of sp³-hybridized carbons (Fsp3) is 1.00. The summed E-state index contributed by atoms with van der Waals surface area (Å²) in [6.45, 7) is 7.44. The molecule has 1 saturated carbocycles. The first-order chi connectivity index (χ1) is 7.08. The maximum absolute atomic E-state index is 9.53. The van der Waals surface area contributed by atoms with Gasteiger partial charge in [-0.05, 0) is 44.4 Å². The minimum atomic E-state index is -0.0762. The second-order valence-electron chi connectivity index (χ2n) is 5.46. The molecule has 2 nitrogen and oxygen atoms in total. The van der Waals surface area contributed by atoms with Gasteiger partial charge in [-0.15, -0.1) is 0 Å². The van der Waals surface area contributed by atoms with Crippen LogP contribution in [0.1, 0.15) is 52.9 Å². The summed E-state index contributed by atoms with van der Waals surface area (Å²) in [5, 5.41) is 9.53. The highest BCUT2D eigenvalue weighted by atomic mass is 16.5. The molecule has 1 fully saturated rings. The van der Waals surface area contributed by atoms with Gasteiger partial charge in [0.15, 0.2) is 0 Å². The first-order valence-electron chi connectivity index (χ1n) is 6.37. The number of rotatable bonds is 5. The minimum absolute atomic E-state index is 0.0762. The Morgan fingerprint density at radius 1 is 1.27 bits per heavy atom. The third-order valence-corrected chi connectivity index (χ3v) is 3.17. The van der Waals surface area contributed by atoms with E-state index >= 15 is 0 Å². The highest BCUT2D eigenvalue weighted by Gasteiger charge is 2.20. The lowest BCUT2D eigenvalue weighted by Gasteiger charge is -2.27. The molecule has 1 N–H and O–H groups in total. The number of hydrogen-bond acceptors (Lipinski definition) is 2. The van der Waals surface area contributed by atoms with Crippen LogP contribution in [-0.4, -0.2) is 23.9 Å². The fourth-order valence-electron chi connectivity index (χ4n) is 2.45. The van der Waals surface area contributed by atoms with Crippen LogP contribution in [0.4, 0.5) is 0 Å². The highest BCUT2D eigenvalue weighted by Crippen LogP contribution is 2.25. The summed E-state index contributed by atoms with van der Waals surface area (Å²) in [5.41, 5.74) is 0. The van der Waals surface area contributed by atoms with E-state index in [-0.39, 0.29) is 6.10 Å². The van der Waals surface area contributed by atoms with E-state index in [0.717, 1.165) is 32.3 Å². The van der Waals surface area contributed by atoms with E-state index in [1.807, 2.05) is 0 Å². The molecule has 0 spiro atoms. The van der Waals surface area contributed by atoms with Gasteiger partial charge in [0.2, 0.25) is 0 Å². The molecular weight excluding hydrogens is 188 g/mol. The Labute approximate surface area is 94.0 Å². The SMILES string of the molecule is CC(C)CC(C)OCC1CCCC(O)C1. The van der Waals surface area contributed by atoms with Crippen molar-refractivity contribution < 1.29 is 9.84 Å². The van der Waals surface area contributed by atoms with Crippen molar-refractivity contribution in [3.8, 4) is 0 Å². The summed E-state index contributed by atoms with van der Waals surface area (Å²) in [6.07, 6.45) is 5.73. The standard InChI is InChI=1S/C13H26O2/c1-10(2)7-11(3)15-9-12-5-4-6-13(14)8-12/h10-14H,4-9H2,1-3H3. The van der Waals surface area contributed by atoms with Crippen LogP contribution in [0.2, 0.25) is 0 Å². The summed E-state index contributed by atoms with van der Waals surface area (Å²) in [4.78, 5) is 0. The molecule has 3 atom stereocenters. The molecule has 0 aromatic rings. The summed E-state index contributed by atoms with van der Waals surface area (Å²) in [7, 11) is 0. The Balaban J connectivity index is 2.13. The Morgan fingerprint density at radius 3 is 2.60 bits per heavy atom. The third kappa shape index (κ3) is 5.53. The van der Waals surface area contributed by atoms with Crippen LogP contribution in [0.25, 0.3) is 0 Å². The second kappa shape index (κ2) is 6.49.